The molecule has 0 saturated carbocycles. The van der Waals surface area contributed by atoms with Crippen molar-refractivity contribution in [1.29, 1.82) is 0 Å². The van der Waals surface area contributed by atoms with Crippen LogP contribution < -0.4 is 4.90 Å². The molecule has 1 aromatic carbocycles. The summed E-state index contributed by atoms with van der Waals surface area (Å²) in [6, 6.07) is 5.51. The highest BCUT2D eigenvalue weighted by atomic mass is 32.1. The van der Waals surface area contributed by atoms with Crippen LogP contribution in [0.15, 0.2) is 18.2 Å². The van der Waals surface area contributed by atoms with Crippen LogP contribution in [0.5, 0.6) is 0 Å². The summed E-state index contributed by atoms with van der Waals surface area (Å²) in [6.45, 7) is 4.84. The molecule has 25 heavy (non-hydrogen) atoms. The van der Waals surface area contributed by atoms with Gasteiger partial charge in [0, 0.05) is 6.42 Å². The fourth-order valence-corrected chi connectivity index (χ4v) is 3.46. The Bertz CT molecular complexity index is 847. The summed E-state index contributed by atoms with van der Waals surface area (Å²) in [6.07, 6.45) is -0.164. The number of nitrogens with zero attached hydrogens (tertiary/aromatic N) is 4. The molecule has 3 atom stereocenters. The van der Waals surface area contributed by atoms with E-state index in [1.807, 2.05) is 32.0 Å². The molecule has 1 unspecified atom stereocenters. The van der Waals surface area contributed by atoms with Crippen LogP contribution in [0, 0.1) is 18.6 Å². The summed E-state index contributed by atoms with van der Waals surface area (Å²) in [4.78, 5) is 12.8. The number of hydrogen-bond donors (Lipinski definition) is 2. The van der Waals surface area contributed by atoms with E-state index in [4.69, 9.17) is 17.0 Å². The molecule has 0 aliphatic carbocycles. The molecule has 134 valence electrons. The van der Waals surface area contributed by atoms with Gasteiger partial charge in [0.2, 0.25) is 4.77 Å². The number of ether oxygens (including phenoxy) is 1. The number of aliphatic hydroxyl groups is 1. The van der Waals surface area contributed by atoms with E-state index >= 15 is 0 Å². The van der Waals surface area contributed by atoms with Crippen molar-refractivity contribution in [3.05, 3.63) is 34.1 Å². The van der Waals surface area contributed by atoms with Gasteiger partial charge in [-0.3, -0.25) is 0 Å². The van der Waals surface area contributed by atoms with E-state index in [1.54, 1.807) is 9.36 Å². The maximum atomic E-state index is 11.9. The summed E-state index contributed by atoms with van der Waals surface area (Å²) in [5, 5.41) is 18.2. The van der Waals surface area contributed by atoms with Crippen LogP contribution >= 0.6 is 12.2 Å². The Morgan fingerprint density at radius 3 is 2.92 bits per heavy atom. The number of aliphatic hydroxyl groups excluding tert-OH is 1. The van der Waals surface area contributed by atoms with Crippen LogP contribution in [0.4, 0.5) is 0 Å². The minimum Gasteiger partial charge on any atom is -0.465 e. The lowest BCUT2D eigenvalue weighted by Crippen LogP contribution is -3.14. The molecule has 2 aromatic rings. The monoisotopic (exact) mass is 364 g/mol. The molecule has 9 heteroatoms. The number of nitrogens with one attached hydrogen (secondary N) is 1. The average Bonchev–Trinajstić information content (AvgIpc) is 3.13. The summed E-state index contributed by atoms with van der Waals surface area (Å²) in [5.74, 6) is -0.333. The fraction of sp³-hybridized carbons (Fsp3) is 0.500. The first kappa shape index (κ1) is 17.7. The van der Waals surface area contributed by atoms with E-state index in [0.29, 0.717) is 24.4 Å². The van der Waals surface area contributed by atoms with E-state index in [0.717, 1.165) is 21.7 Å². The Hall–Kier alpha value is -2.10. The van der Waals surface area contributed by atoms with Gasteiger partial charge in [-0.05, 0) is 53.7 Å². The summed E-state index contributed by atoms with van der Waals surface area (Å²) in [7, 11) is 1.35. The predicted octanol–water partition coefficient (Wildman–Crippen LogP) is -0.436. The third-order valence-corrected chi connectivity index (χ3v) is 5.16. The number of quaternary nitrogens is 1. The number of hydrogen-bond acceptors (Lipinski definition) is 6. The number of benzene rings is 1. The maximum Gasteiger partial charge on any atom is 0.364 e. The van der Waals surface area contributed by atoms with E-state index in [-0.39, 0.29) is 5.97 Å². The van der Waals surface area contributed by atoms with Gasteiger partial charge in [0.1, 0.15) is 12.6 Å². The Morgan fingerprint density at radius 1 is 1.44 bits per heavy atom. The molecule has 0 spiro atoms. The Kier molecular flexibility index (Phi) is 4.98. The van der Waals surface area contributed by atoms with Crippen molar-refractivity contribution in [3.8, 4) is 5.69 Å². The number of tetrazole rings is 1. The van der Waals surface area contributed by atoms with Gasteiger partial charge in [-0.25, -0.2) is 4.79 Å². The largest absolute Gasteiger partial charge is 0.465 e. The molecule has 1 saturated heterocycles. The molecular formula is C16H22N5O3S+. The number of rotatable bonds is 4. The Morgan fingerprint density at radius 2 is 2.20 bits per heavy atom. The standard InChI is InChI=1S/C16H21N5O3S/c1-10-5-4-6-13(11(10)2)21-16(25)20(17-18-21)9-19-8-12(22)7-14(19)15(23)24-3/h4-6,12,14,22H,7-9H2,1-3H3/p+1/t12-,14+/m1/s1. The number of methoxy groups -OCH3 is 1. The van der Waals surface area contributed by atoms with E-state index in [2.05, 4.69) is 10.4 Å². The first-order valence-electron chi connectivity index (χ1n) is 8.12. The average molecular weight is 364 g/mol. The van der Waals surface area contributed by atoms with E-state index < -0.39 is 12.1 Å². The summed E-state index contributed by atoms with van der Waals surface area (Å²) < 4.78 is 8.49. The number of carbonyl (C=O) groups is 1. The number of esters is 1. The molecule has 2 N–H and O–H groups in total. The molecule has 0 radical (unpaired) electrons. The van der Waals surface area contributed by atoms with Crippen LogP contribution in [-0.4, -0.2) is 56.7 Å². The highest BCUT2D eigenvalue weighted by molar-refractivity contribution is 7.71. The van der Waals surface area contributed by atoms with Crippen molar-refractivity contribution >= 4 is 18.2 Å². The molecule has 1 aromatic heterocycles. The van der Waals surface area contributed by atoms with Crippen molar-refractivity contribution in [2.24, 2.45) is 0 Å². The Balaban J connectivity index is 1.88. The topological polar surface area (TPSA) is 86.6 Å². The second kappa shape index (κ2) is 7.03. The number of likely N-dealkylation sites (tertiary alicyclic amines) is 1. The quantitative estimate of drug-likeness (QED) is 0.565. The molecular weight excluding hydrogens is 342 g/mol. The zero-order chi connectivity index (χ0) is 18.1. The second-order valence-corrected chi connectivity index (χ2v) is 6.74. The number of aryl methyl sites for hydroxylation is 1. The van der Waals surface area contributed by atoms with Crippen LogP contribution in [0.25, 0.3) is 5.69 Å². The van der Waals surface area contributed by atoms with Crippen LogP contribution in [0.2, 0.25) is 0 Å². The summed E-state index contributed by atoms with van der Waals surface area (Å²) >= 11 is 5.52. The van der Waals surface area contributed by atoms with Gasteiger partial charge in [-0.2, -0.15) is 9.36 Å². The molecule has 0 bridgehead atoms. The highest BCUT2D eigenvalue weighted by Crippen LogP contribution is 2.16. The van der Waals surface area contributed by atoms with Gasteiger partial charge in [-0.1, -0.05) is 12.1 Å². The number of carbonyl (C=O) groups excluding carboxylic acids is 1. The van der Waals surface area contributed by atoms with Crippen molar-refractivity contribution in [2.75, 3.05) is 13.7 Å². The first-order valence-corrected chi connectivity index (χ1v) is 8.53. The highest BCUT2D eigenvalue weighted by Gasteiger charge is 2.41. The molecule has 2 heterocycles. The van der Waals surface area contributed by atoms with E-state index in [9.17, 15) is 9.90 Å². The molecule has 0 amide bonds. The zero-order valence-corrected chi connectivity index (χ0v) is 15.3. The van der Waals surface area contributed by atoms with Crippen molar-refractivity contribution in [3.63, 3.8) is 0 Å². The third-order valence-electron chi connectivity index (χ3n) is 4.78. The van der Waals surface area contributed by atoms with Gasteiger partial charge in [0.15, 0.2) is 12.7 Å². The van der Waals surface area contributed by atoms with Crippen molar-refractivity contribution in [2.45, 2.75) is 39.1 Å². The van der Waals surface area contributed by atoms with Crippen LogP contribution in [0.3, 0.4) is 0 Å². The molecule has 1 aliphatic heterocycles. The van der Waals surface area contributed by atoms with Crippen LogP contribution in [0.1, 0.15) is 17.5 Å². The van der Waals surface area contributed by atoms with Gasteiger partial charge in [-0.15, -0.1) is 0 Å². The summed E-state index contributed by atoms with van der Waals surface area (Å²) in [5.41, 5.74) is 3.12. The number of aromatic nitrogens is 4. The molecule has 8 nitrogen and oxygen atoms in total. The van der Waals surface area contributed by atoms with E-state index in [1.165, 1.54) is 7.11 Å². The maximum absolute atomic E-state index is 11.9. The van der Waals surface area contributed by atoms with Gasteiger partial charge < -0.3 is 14.7 Å². The molecule has 1 fully saturated rings. The normalized spacial score (nSPS) is 23.0. The van der Waals surface area contributed by atoms with Gasteiger partial charge >= 0.3 is 5.97 Å². The Labute approximate surface area is 150 Å². The lowest BCUT2D eigenvalue weighted by Gasteiger charge is -2.18. The van der Waals surface area contributed by atoms with Gasteiger partial charge in [0.05, 0.1) is 12.8 Å². The van der Waals surface area contributed by atoms with Crippen molar-refractivity contribution in [1.82, 2.24) is 19.8 Å². The predicted molar refractivity (Wildman–Crippen MR) is 91.9 cm³/mol. The lowest BCUT2D eigenvalue weighted by molar-refractivity contribution is -0.928. The SMILES string of the molecule is COC(=O)[C@@H]1C[C@@H](O)C[NH+]1Cn1nnn(-c2cccc(C)c2C)c1=S. The minimum atomic E-state index is -0.540. The fourth-order valence-electron chi connectivity index (χ4n) is 3.23. The van der Waals surface area contributed by atoms with Gasteiger partial charge in [0.25, 0.3) is 0 Å². The van der Waals surface area contributed by atoms with Crippen LogP contribution in [-0.2, 0) is 16.2 Å². The molecule has 3 rings (SSSR count). The minimum absolute atomic E-state index is 0.333. The second-order valence-electron chi connectivity index (χ2n) is 6.38. The third kappa shape index (κ3) is 3.35. The first-order chi connectivity index (χ1) is 11.9. The molecule has 1 aliphatic rings. The van der Waals surface area contributed by atoms with Crippen molar-refractivity contribution < 1.29 is 19.5 Å². The smallest absolute Gasteiger partial charge is 0.364 e. The zero-order valence-electron chi connectivity index (χ0n) is 14.5. The lowest BCUT2D eigenvalue weighted by atomic mass is 10.1.